The summed E-state index contributed by atoms with van der Waals surface area (Å²) in [5, 5.41) is 0. The second-order valence-corrected chi connectivity index (χ2v) is 5.77. The molecule has 0 spiro atoms. The zero-order valence-corrected chi connectivity index (χ0v) is 13.6. The van der Waals surface area contributed by atoms with Gasteiger partial charge in [0.1, 0.15) is 5.75 Å². The Morgan fingerprint density at radius 1 is 1.33 bits per heavy atom. The molecule has 1 atom stereocenters. The van der Waals surface area contributed by atoms with Gasteiger partial charge in [-0.3, -0.25) is 4.79 Å². The van der Waals surface area contributed by atoms with Crippen LogP contribution in [0.3, 0.4) is 0 Å². The molecule has 1 aromatic rings. The summed E-state index contributed by atoms with van der Waals surface area (Å²) in [4.78, 5) is 14.0. The van der Waals surface area contributed by atoms with Gasteiger partial charge in [0, 0.05) is 25.2 Å². The first kappa shape index (κ1) is 17.5. The van der Waals surface area contributed by atoms with Gasteiger partial charge in [0.2, 0.25) is 5.91 Å². The summed E-state index contributed by atoms with van der Waals surface area (Å²) in [6.07, 6.45) is 2.42. The van der Waals surface area contributed by atoms with E-state index in [4.69, 9.17) is 10.5 Å². The standard InChI is InChI=1S/C17H28N2O2/c1-13(2)14(10-11-18)8-9-17(20)19(3)15-6-5-7-16(12-15)21-4/h5-7,12-14H,8-11,18H2,1-4H3. The number of benzene rings is 1. The Morgan fingerprint density at radius 2 is 2.05 bits per heavy atom. The molecule has 118 valence electrons. The SMILES string of the molecule is COc1cccc(N(C)C(=O)CCC(CCN)C(C)C)c1. The maximum atomic E-state index is 12.3. The van der Waals surface area contributed by atoms with E-state index in [-0.39, 0.29) is 5.91 Å². The lowest BCUT2D eigenvalue weighted by molar-refractivity contribution is -0.118. The van der Waals surface area contributed by atoms with Crippen LogP contribution < -0.4 is 15.4 Å². The molecule has 1 amide bonds. The van der Waals surface area contributed by atoms with E-state index >= 15 is 0 Å². The van der Waals surface area contributed by atoms with Crippen LogP contribution in [0, 0.1) is 11.8 Å². The summed E-state index contributed by atoms with van der Waals surface area (Å²) in [5.74, 6) is 1.96. The Kier molecular flexibility index (Phi) is 7.23. The highest BCUT2D eigenvalue weighted by Gasteiger charge is 2.17. The Bertz CT molecular complexity index is 446. The predicted molar refractivity (Wildman–Crippen MR) is 87.6 cm³/mol. The van der Waals surface area contributed by atoms with Crippen LogP contribution >= 0.6 is 0 Å². The quantitative estimate of drug-likeness (QED) is 0.801. The largest absolute Gasteiger partial charge is 0.497 e. The maximum absolute atomic E-state index is 12.3. The van der Waals surface area contributed by atoms with E-state index in [0.29, 0.717) is 24.8 Å². The lowest BCUT2D eigenvalue weighted by Crippen LogP contribution is -2.27. The molecule has 4 heteroatoms. The minimum Gasteiger partial charge on any atom is -0.497 e. The number of methoxy groups -OCH3 is 1. The lowest BCUT2D eigenvalue weighted by Gasteiger charge is -2.22. The molecule has 0 fully saturated rings. The molecule has 0 aliphatic heterocycles. The molecular weight excluding hydrogens is 264 g/mol. The molecule has 1 unspecified atom stereocenters. The molecule has 0 saturated carbocycles. The summed E-state index contributed by atoms with van der Waals surface area (Å²) >= 11 is 0. The zero-order valence-electron chi connectivity index (χ0n) is 13.6. The topological polar surface area (TPSA) is 55.6 Å². The second-order valence-electron chi connectivity index (χ2n) is 5.77. The second kappa shape index (κ2) is 8.67. The number of carbonyl (C=O) groups excluding carboxylic acids is 1. The molecular formula is C17H28N2O2. The molecule has 2 N–H and O–H groups in total. The average molecular weight is 292 g/mol. The van der Waals surface area contributed by atoms with Gasteiger partial charge in [-0.1, -0.05) is 19.9 Å². The Balaban J connectivity index is 2.61. The van der Waals surface area contributed by atoms with Crippen LogP contribution in [0.25, 0.3) is 0 Å². The first-order chi connectivity index (χ1) is 9.99. The van der Waals surface area contributed by atoms with Crippen LogP contribution in [0.4, 0.5) is 5.69 Å². The number of nitrogens with two attached hydrogens (primary N) is 1. The van der Waals surface area contributed by atoms with Gasteiger partial charge in [-0.2, -0.15) is 0 Å². The van der Waals surface area contributed by atoms with Crippen molar-refractivity contribution in [3.05, 3.63) is 24.3 Å². The first-order valence-corrected chi connectivity index (χ1v) is 7.60. The Hall–Kier alpha value is -1.55. The van der Waals surface area contributed by atoms with Gasteiger partial charge < -0.3 is 15.4 Å². The van der Waals surface area contributed by atoms with Crippen LogP contribution in [-0.4, -0.2) is 26.6 Å². The molecule has 4 nitrogen and oxygen atoms in total. The van der Waals surface area contributed by atoms with Gasteiger partial charge in [0.15, 0.2) is 0 Å². The number of anilines is 1. The summed E-state index contributed by atoms with van der Waals surface area (Å²) < 4.78 is 5.19. The molecule has 0 bridgehead atoms. The van der Waals surface area contributed by atoms with E-state index in [1.807, 2.05) is 31.3 Å². The number of amides is 1. The predicted octanol–water partition coefficient (Wildman–Crippen LogP) is 3.06. The molecule has 0 aromatic heterocycles. The van der Waals surface area contributed by atoms with Gasteiger partial charge in [0.25, 0.3) is 0 Å². The number of hydrogen-bond donors (Lipinski definition) is 1. The van der Waals surface area contributed by atoms with Crippen molar-refractivity contribution in [2.75, 3.05) is 25.6 Å². The van der Waals surface area contributed by atoms with Crippen molar-refractivity contribution in [3.8, 4) is 5.75 Å². The minimum atomic E-state index is 0.130. The zero-order chi connectivity index (χ0) is 15.8. The van der Waals surface area contributed by atoms with Gasteiger partial charge in [-0.25, -0.2) is 0 Å². The minimum absolute atomic E-state index is 0.130. The third kappa shape index (κ3) is 5.38. The van der Waals surface area contributed by atoms with Gasteiger partial charge in [0.05, 0.1) is 7.11 Å². The number of hydrogen-bond acceptors (Lipinski definition) is 3. The molecule has 0 heterocycles. The molecule has 0 aliphatic rings. The fourth-order valence-corrected chi connectivity index (χ4v) is 2.46. The molecule has 1 rings (SSSR count). The highest BCUT2D eigenvalue weighted by atomic mass is 16.5. The van der Waals surface area contributed by atoms with Gasteiger partial charge in [-0.15, -0.1) is 0 Å². The number of ether oxygens (including phenoxy) is 1. The van der Waals surface area contributed by atoms with Crippen molar-refractivity contribution in [2.24, 2.45) is 17.6 Å². The van der Waals surface area contributed by atoms with Gasteiger partial charge in [-0.05, 0) is 43.4 Å². The van der Waals surface area contributed by atoms with Crippen molar-refractivity contribution in [2.45, 2.75) is 33.1 Å². The fraction of sp³-hybridized carbons (Fsp3) is 0.588. The van der Waals surface area contributed by atoms with Crippen molar-refractivity contribution in [1.82, 2.24) is 0 Å². The van der Waals surface area contributed by atoms with Crippen LogP contribution in [0.15, 0.2) is 24.3 Å². The van der Waals surface area contributed by atoms with Crippen molar-refractivity contribution in [1.29, 1.82) is 0 Å². The van der Waals surface area contributed by atoms with E-state index in [2.05, 4.69) is 13.8 Å². The maximum Gasteiger partial charge on any atom is 0.226 e. The summed E-state index contributed by atoms with van der Waals surface area (Å²) in [7, 11) is 3.44. The smallest absolute Gasteiger partial charge is 0.226 e. The summed E-state index contributed by atoms with van der Waals surface area (Å²) in [5.41, 5.74) is 6.51. The van der Waals surface area contributed by atoms with E-state index in [1.165, 1.54) is 0 Å². The van der Waals surface area contributed by atoms with E-state index in [9.17, 15) is 4.79 Å². The monoisotopic (exact) mass is 292 g/mol. The fourth-order valence-electron chi connectivity index (χ4n) is 2.46. The molecule has 0 aliphatic carbocycles. The average Bonchev–Trinajstić information content (AvgIpc) is 2.50. The Morgan fingerprint density at radius 3 is 2.62 bits per heavy atom. The molecule has 0 radical (unpaired) electrons. The summed E-state index contributed by atoms with van der Waals surface area (Å²) in [6.45, 7) is 5.07. The number of nitrogens with zero attached hydrogens (tertiary/aromatic N) is 1. The van der Waals surface area contributed by atoms with E-state index in [1.54, 1.807) is 12.0 Å². The van der Waals surface area contributed by atoms with Crippen molar-refractivity contribution >= 4 is 11.6 Å². The van der Waals surface area contributed by atoms with E-state index < -0.39 is 0 Å². The van der Waals surface area contributed by atoms with Crippen molar-refractivity contribution in [3.63, 3.8) is 0 Å². The Labute approximate surface area is 128 Å². The molecule has 1 aromatic carbocycles. The third-order valence-corrected chi connectivity index (χ3v) is 4.02. The van der Waals surface area contributed by atoms with Crippen LogP contribution in [0.5, 0.6) is 5.75 Å². The summed E-state index contributed by atoms with van der Waals surface area (Å²) in [6, 6.07) is 7.55. The highest BCUT2D eigenvalue weighted by molar-refractivity contribution is 5.92. The van der Waals surface area contributed by atoms with Gasteiger partial charge >= 0.3 is 0 Å². The molecule has 0 saturated heterocycles. The highest BCUT2D eigenvalue weighted by Crippen LogP contribution is 2.23. The van der Waals surface area contributed by atoms with Crippen LogP contribution in [-0.2, 0) is 4.79 Å². The normalized spacial score (nSPS) is 12.3. The first-order valence-electron chi connectivity index (χ1n) is 7.60. The van der Waals surface area contributed by atoms with Crippen LogP contribution in [0.2, 0.25) is 0 Å². The lowest BCUT2D eigenvalue weighted by atomic mass is 9.88. The molecule has 21 heavy (non-hydrogen) atoms. The van der Waals surface area contributed by atoms with Crippen molar-refractivity contribution < 1.29 is 9.53 Å². The third-order valence-electron chi connectivity index (χ3n) is 4.02. The van der Waals surface area contributed by atoms with Crippen LogP contribution in [0.1, 0.15) is 33.1 Å². The number of rotatable bonds is 8. The van der Waals surface area contributed by atoms with E-state index in [0.717, 1.165) is 24.3 Å². The number of carbonyl (C=O) groups is 1.